The van der Waals surface area contributed by atoms with Crippen molar-refractivity contribution in [2.75, 3.05) is 5.32 Å². The topological polar surface area (TPSA) is 55.1 Å². The molecule has 0 saturated carbocycles. The molecule has 0 spiro atoms. The molecule has 14 heavy (non-hydrogen) atoms. The van der Waals surface area contributed by atoms with Gasteiger partial charge in [0.25, 0.3) is 0 Å². The smallest absolute Gasteiger partial charge is 0.249 e. The first-order valence-corrected chi connectivity index (χ1v) is 4.72. The summed E-state index contributed by atoms with van der Waals surface area (Å²) in [6, 6.07) is 0. The van der Waals surface area contributed by atoms with E-state index in [9.17, 15) is 4.79 Å². The lowest BCUT2D eigenvalue weighted by molar-refractivity contribution is -0.111. The van der Waals surface area contributed by atoms with Crippen LogP contribution in [0.5, 0.6) is 0 Å². The molecule has 0 saturated heterocycles. The summed E-state index contributed by atoms with van der Waals surface area (Å²) in [7, 11) is 0. The molecule has 0 unspecified atom stereocenters. The summed E-state index contributed by atoms with van der Waals surface area (Å²) in [5.74, 6) is 1.23. The maximum absolute atomic E-state index is 11.1. The molecular weight excluding hydrogens is 180 g/mol. The molecule has 0 fully saturated rings. The summed E-state index contributed by atoms with van der Waals surface area (Å²) in [6.45, 7) is 3.38. The van der Waals surface area contributed by atoms with Crippen LogP contribution in [-0.4, -0.2) is 11.1 Å². The molecule has 74 valence electrons. The van der Waals surface area contributed by atoms with Gasteiger partial charge in [0, 0.05) is 12.0 Å². The number of aryl methyl sites for hydroxylation is 1. The average molecular weight is 192 g/mol. The van der Waals surface area contributed by atoms with E-state index in [1.165, 1.54) is 6.08 Å². The van der Waals surface area contributed by atoms with E-state index in [1.54, 1.807) is 0 Å². The van der Waals surface area contributed by atoms with Gasteiger partial charge in [0.15, 0.2) is 5.82 Å². The average Bonchev–Trinajstić information content (AvgIpc) is 2.62. The molecular formula is C10H12N2O2. The van der Waals surface area contributed by atoms with Gasteiger partial charge in [-0.05, 0) is 25.3 Å². The number of nitrogens with one attached hydrogen (secondary N) is 1. The van der Waals surface area contributed by atoms with Crippen LogP contribution in [0.1, 0.15) is 24.2 Å². The van der Waals surface area contributed by atoms with Crippen molar-refractivity contribution in [2.45, 2.75) is 25.7 Å². The molecule has 1 aromatic rings. The fraction of sp³-hybridized carbons (Fsp3) is 0.400. The first-order chi connectivity index (χ1) is 6.81. The molecule has 1 aromatic heterocycles. The Hall–Kier alpha value is -1.58. The van der Waals surface area contributed by atoms with Crippen molar-refractivity contribution in [3.8, 4) is 0 Å². The van der Waals surface area contributed by atoms with Crippen LogP contribution in [-0.2, 0) is 17.6 Å². The molecule has 2 rings (SSSR count). The van der Waals surface area contributed by atoms with Crippen LogP contribution < -0.4 is 5.32 Å². The molecule has 1 N–H and O–H groups in total. The highest BCUT2D eigenvalue weighted by molar-refractivity contribution is 5.98. The number of anilines is 1. The van der Waals surface area contributed by atoms with Crippen LogP contribution in [0.4, 0.5) is 5.82 Å². The first-order valence-electron chi connectivity index (χ1n) is 4.72. The van der Waals surface area contributed by atoms with Gasteiger partial charge in [-0.25, -0.2) is 0 Å². The highest BCUT2D eigenvalue weighted by atomic mass is 16.5. The van der Waals surface area contributed by atoms with E-state index in [4.69, 9.17) is 4.52 Å². The van der Waals surface area contributed by atoms with Gasteiger partial charge in [0.05, 0.1) is 0 Å². The summed E-state index contributed by atoms with van der Waals surface area (Å²) in [6.07, 6.45) is 5.35. The second-order valence-corrected chi connectivity index (χ2v) is 3.33. The summed E-state index contributed by atoms with van der Waals surface area (Å²) in [5, 5.41) is 6.47. The third-order valence-electron chi connectivity index (χ3n) is 2.38. The minimum absolute atomic E-state index is 0.244. The summed E-state index contributed by atoms with van der Waals surface area (Å²) < 4.78 is 5.13. The third kappa shape index (κ3) is 1.55. The van der Waals surface area contributed by atoms with Gasteiger partial charge in [0.1, 0.15) is 5.76 Å². The van der Waals surface area contributed by atoms with E-state index in [0.29, 0.717) is 5.82 Å². The van der Waals surface area contributed by atoms with Crippen LogP contribution in [0.3, 0.4) is 0 Å². The lowest BCUT2D eigenvalue weighted by atomic mass is 9.98. The highest BCUT2D eigenvalue weighted by Crippen LogP contribution is 2.27. The number of fused-ring (bicyclic) bond motifs is 1. The van der Waals surface area contributed by atoms with Crippen LogP contribution in [0.2, 0.25) is 0 Å². The number of rotatable bonds is 2. The van der Waals surface area contributed by atoms with Crippen molar-refractivity contribution >= 4 is 11.7 Å². The van der Waals surface area contributed by atoms with Crippen LogP contribution >= 0.6 is 0 Å². The van der Waals surface area contributed by atoms with Crippen molar-refractivity contribution in [1.82, 2.24) is 5.16 Å². The monoisotopic (exact) mass is 192 g/mol. The molecule has 1 amide bonds. The number of carbonyl (C=O) groups is 1. The number of aromatic nitrogens is 1. The SMILES string of the molecule is C=CC(=O)Nc1noc2c1CCCC2. The molecule has 0 aromatic carbocycles. The molecule has 1 heterocycles. The Balaban J connectivity index is 2.22. The lowest BCUT2D eigenvalue weighted by Crippen LogP contribution is -2.10. The quantitative estimate of drug-likeness (QED) is 0.725. The van der Waals surface area contributed by atoms with Crippen molar-refractivity contribution in [3.63, 3.8) is 0 Å². The summed E-state index contributed by atoms with van der Waals surface area (Å²) >= 11 is 0. The zero-order valence-corrected chi connectivity index (χ0v) is 7.88. The minimum atomic E-state index is -0.244. The van der Waals surface area contributed by atoms with Crippen molar-refractivity contribution in [2.24, 2.45) is 0 Å². The van der Waals surface area contributed by atoms with Gasteiger partial charge in [-0.2, -0.15) is 0 Å². The van der Waals surface area contributed by atoms with E-state index in [-0.39, 0.29) is 5.91 Å². The number of hydrogen-bond acceptors (Lipinski definition) is 3. The van der Waals surface area contributed by atoms with E-state index in [0.717, 1.165) is 37.0 Å². The number of amides is 1. The van der Waals surface area contributed by atoms with E-state index < -0.39 is 0 Å². The maximum atomic E-state index is 11.1. The van der Waals surface area contributed by atoms with E-state index >= 15 is 0 Å². The molecule has 0 radical (unpaired) electrons. The summed E-state index contributed by atoms with van der Waals surface area (Å²) in [5.41, 5.74) is 1.05. The Morgan fingerprint density at radius 3 is 3.07 bits per heavy atom. The molecule has 0 atom stereocenters. The van der Waals surface area contributed by atoms with E-state index in [2.05, 4.69) is 17.1 Å². The Bertz CT molecular complexity index is 368. The fourth-order valence-corrected chi connectivity index (χ4v) is 1.65. The van der Waals surface area contributed by atoms with Crippen LogP contribution in [0, 0.1) is 0 Å². The van der Waals surface area contributed by atoms with Crippen molar-refractivity contribution in [3.05, 3.63) is 24.0 Å². The highest BCUT2D eigenvalue weighted by Gasteiger charge is 2.19. The molecule has 1 aliphatic rings. The van der Waals surface area contributed by atoms with Gasteiger partial charge in [-0.3, -0.25) is 4.79 Å². The Kier molecular flexibility index (Phi) is 2.35. The van der Waals surface area contributed by atoms with Crippen molar-refractivity contribution in [1.29, 1.82) is 0 Å². The molecule has 4 nitrogen and oxygen atoms in total. The Labute approximate surface area is 82.0 Å². The first kappa shape index (κ1) is 8.99. The number of nitrogens with zero attached hydrogens (tertiary/aromatic N) is 1. The molecule has 1 aliphatic carbocycles. The molecule has 0 bridgehead atoms. The van der Waals surface area contributed by atoms with Crippen molar-refractivity contribution < 1.29 is 9.32 Å². The maximum Gasteiger partial charge on any atom is 0.249 e. The second-order valence-electron chi connectivity index (χ2n) is 3.33. The second kappa shape index (κ2) is 3.65. The predicted octanol–water partition coefficient (Wildman–Crippen LogP) is 1.68. The fourth-order valence-electron chi connectivity index (χ4n) is 1.65. The number of carbonyl (C=O) groups excluding carboxylic acids is 1. The molecule has 0 aliphatic heterocycles. The number of hydrogen-bond donors (Lipinski definition) is 1. The third-order valence-corrected chi connectivity index (χ3v) is 2.38. The minimum Gasteiger partial charge on any atom is -0.359 e. The normalized spacial score (nSPS) is 14.6. The Morgan fingerprint density at radius 2 is 2.29 bits per heavy atom. The lowest BCUT2D eigenvalue weighted by Gasteiger charge is -2.08. The summed E-state index contributed by atoms with van der Waals surface area (Å²) in [4.78, 5) is 11.1. The van der Waals surface area contributed by atoms with Gasteiger partial charge >= 0.3 is 0 Å². The molecule has 4 heteroatoms. The van der Waals surface area contributed by atoms with Gasteiger partial charge < -0.3 is 9.84 Å². The zero-order valence-electron chi connectivity index (χ0n) is 7.88. The van der Waals surface area contributed by atoms with Crippen LogP contribution in [0.15, 0.2) is 17.2 Å². The standard InChI is InChI=1S/C10H12N2O2/c1-2-9(13)11-10-7-5-3-4-6-8(7)14-12-10/h2H,1,3-6H2,(H,11,12,13). The van der Waals surface area contributed by atoms with Gasteiger partial charge in [0.2, 0.25) is 5.91 Å². The van der Waals surface area contributed by atoms with E-state index in [1.807, 2.05) is 0 Å². The Morgan fingerprint density at radius 1 is 1.50 bits per heavy atom. The van der Waals surface area contributed by atoms with Gasteiger partial charge in [-0.15, -0.1) is 0 Å². The predicted molar refractivity (Wildman–Crippen MR) is 52.0 cm³/mol. The van der Waals surface area contributed by atoms with Crippen LogP contribution in [0.25, 0.3) is 0 Å². The van der Waals surface area contributed by atoms with Gasteiger partial charge in [-0.1, -0.05) is 11.7 Å². The largest absolute Gasteiger partial charge is 0.359 e. The zero-order chi connectivity index (χ0) is 9.97.